The summed E-state index contributed by atoms with van der Waals surface area (Å²) in [5, 5.41) is 19.9. The summed E-state index contributed by atoms with van der Waals surface area (Å²) >= 11 is 0. The molecule has 0 aliphatic carbocycles. The van der Waals surface area contributed by atoms with Crippen LogP contribution in [0.25, 0.3) is 0 Å². The maximum Gasteiger partial charge on any atom is 0.492 e. The number of halogens is 1. The van der Waals surface area contributed by atoms with Gasteiger partial charge in [-0.2, -0.15) is 0 Å². The lowest BCUT2D eigenvalue weighted by molar-refractivity contribution is 0.419. The molecule has 0 spiro atoms. The Kier molecular flexibility index (Phi) is 4.92. The Hall–Kier alpha value is -0.925. The predicted molar refractivity (Wildman–Crippen MR) is 55.1 cm³/mol. The maximum atomic E-state index is 12.3. The Bertz CT molecular complexity index is 379. The molecule has 0 aromatic heterocycles. The highest BCUT2D eigenvalue weighted by Crippen LogP contribution is 2.08. The van der Waals surface area contributed by atoms with Crippen molar-refractivity contribution in [3.8, 4) is 0 Å². The van der Waals surface area contributed by atoms with E-state index in [-0.39, 0.29) is 5.47 Å². The Balaban J connectivity index is 5.30. The molecule has 0 aromatic carbocycles. The quantitative estimate of drug-likeness (QED) is 0.379. The van der Waals surface area contributed by atoms with Gasteiger partial charge in [-0.05, 0) is 6.92 Å². The molecule has 0 bridgehead atoms. The van der Waals surface area contributed by atoms with Crippen LogP contribution in [-0.2, 0) is 10.0 Å². The van der Waals surface area contributed by atoms with Crippen LogP contribution in [0.15, 0.2) is 16.8 Å². The second-order valence-corrected chi connectivity index (χ2v) is 4.77. The minimum atomic E-state index is -3.70. The van der Waals surface area contributed by atoms with Gasteiger partial charge in [-0.25, -0.2) is 8.42 Å². The van der Waals surface area contributed by atoms with E-state index in [0.717, 1.165) is 19.4 Å². The first-order valence-electron chi connectivity index (χ1n) is 3.91. The number of rotatable bonds is 3. The van der Waals surface area contributed by atoms with Gasteiger partial charge in [-0.15, -0.1) is 0 Å². The largest absolute Gasteiger partial charge is 0.492 e. The molecule has 0 unspecified atom stereocenters. The summed E-state index contributed by atoms with van der Waals surface area (Å²) in [6.45, 7) is 1.40. The lowest BCUT2D eigenvalue weighted by Gasteiger charge is -2.18. The van der Waals surface area contributed by atoms with Crippen LogP contribution in [0.3, 0.4) is 0 Å². The average molecular weight is 238 g/mol. The van der Waals surface area contributed by atoms with E-state index < -0.39 is 23.0 Å². The van der Waals surface area contributed by atoms with Crippen LogP contribution >= 0.6 is 0 Å². The van der Waals surface area contributed by atoms with Crippen molar-refractivity contribution in [1.82, 2.24) is 4.31 Å². The van der Waals surface area contributed by atoms with Crippen molar-refractivity contribution < 1.29 is 22.9 Å². The van der Waals surface area contributed by atoms with Crippen molar-refractivity contribution in [2.45, 2.75) is 6.92 Å². The van der Waals surface area contributed by atoms with E-state index >= 15 is 0 Å². The van der Waals surface area contributed by atoms with Crippen molar-refractivity contribution in [2.75, 3.05) is 13.3 Å². The van der Waals surface area contributed by atoms with Gasteiger partial charge in [0.1, 0.15) is 0 Å². The SMILES string of the molecule is C/C=C(B(O)O)\C(=N/F)N(C)S(C)(=O)=O. The van der Waals surface area contributed by atoms with Crippen LogP contribution in [0.2, 0.25) is 0 Å². The van der Waals surface area contributed by atoms with Gasteiger partial charge in [0.2, 0.25) is 10.0 Å². The molecule has 0 saturated heterocycles. The summed E-state index contributed by atoms with van der Waals surface area (Å²) < 4.78 is 34.9. The van der Waals surface area contributed by atoms with Crippen molar-refractivity contribution in [2.24, 2.45) is 5.21 Å². The number of hydrogen-bond donors (Lipinski definition) is 2. The molecule has 0 aromatic rings. The fraction of sp³-hybridized carbons (Fsp3) is 0.500. The highest BCUT2D eigenvalue weighted by atomic mass is 32.2. The molecule has 2 N–H and O–H groups in total. The van der Waals surface area contributed by atoms with E-state index in [2.05, 4.69) is 5.21 Å². The van der Waals surface area contributed by atoms with E-state index in [1.807, 2.05) is 0 Å². The van der Waals surface area contributed by atoms with Crippen LogP contribution in [-0.4, -0.2) is 49.0 Å². The highest BCUT2D eigenvalue weighted by molar-refractivity contribution is 7.88. The monoisotopic (exact) mass is 238 g/mol. The first-order chi connectivity index (χ1) is 6.75. The normalized spacial score (nSPS) is 14.0. The fourth-order valence-electron chi connectivity index (χ4n) is 0.835. The second-order valence-electron chi connectivity index (χ2n) is 2.76. The zero-order chi connectivity index (χ0) is 12.2. The Morgan fingerprint density at radius 1 is 1.53 bits per heavy atom. The minimum Gasteiger partial charge on any atom is -0.423 e. The maximum absolute atomic E-state index is 12.3. The molecule has 15 heavy (non-hydrogen) atoms. The standard InChI is InChI=1S/C6H12BFN2O4S/c1-4-5(7(11)12)6(9-8)10(2)15(3,13)14/h4,11-12H,1-3H3/b5-4+,9-6+. The molecule has 0 rings (SSSR count). The van der Waals surface area contributed by atoms with Crippen LogP contribution < -0.4 is 0 Å². The first kappa shape index (κ1) is 14.1. The molecule has 0 fully saturated rings. The molecule has 0 saturated carbocycles. The van der Waals surface area contributed by atoms with Crippen molar-refractivity contribution in [3.63, 3.8) is 0 Å². The van der Waals surface area contributed by atoms with E-state index in [1.165, 1.54) is 6.92 Å². The van der Waals surface area contributed by atoms with Gasteiger partial charge in [0, 0.05) is 12.5 Å². The third-order valence-corrected chi connectivity index (χ3v) is 2.89. The van der Waals surface area contributed by atoms with Crippen LogP contribution in [0.5, 0.6) is 0 Å². The topological polar surface area (TPSA) is 90.2 Å². The van der Waals surface area contributed by atoms with E-state index in [4.69, 9.17) is 10.0 Å². The van der Waals surface area contributed by atoms with Gasteiger partial charge in [0.15, 0.2) is 5.84 Å². The number of amidine groups is 1. The molecule has 0 heterocycles. The lowest BCUT2D eigenvalue weighted by atomic mass is 9.78. The summed E-state index contributed by atoms with van der Waals surface area (Å²) in [5.41, 5.74) is -0.328. The van der Waals surface area contributed by atoms with Crippen LogP contribution in [0.4, 0.5) is 4.48 Å². The third kappa shape index (κ3) is 3.61. The predicted octanol–water partition coefficient (Wildman–Crippen LogP) is -0.881. The molecular formula is C6H12BFN2O4S. The Labute approximate surface area is 87.9 Å². The first-order valence-corrected chi connectivity index (χ1v) is 5.76. The van der Waals surface area contributed by atoms with E-state index in [9.17, 15) is 12.9 Å². The third-order valence-electron chi connectivity index (χ3n) is 1.72. The van der Waals surface area contributed by atoms with E-state index in [0.29, 0.717) is 4.31 Å². The minimum absolute atomic E-state index is 0.328. The van der Waals surface area contributed by atoms with Crippen molar-refractivity contribution in [3.05, 3.63) is 11.5 Å². The van der Waals surface area contributed by atoms with Gasteiger partial charge in [-0.1, -0.05) is 15.8 Å². The number of sulfonamides is 1. The Morgan fingerprint density at radius 2 is 2.00 bits per heavy atom. The molecule has 86 valence electrons. The lowest BCUT2D eigenvalue weighted by Crippen LogP contribution is -2.37. The summed E-state index contributed by atoms with van der Waals surface area (Å²) in [6.07, 6.45) is 2.00. The number of likely N-dealkylation sites (N-methyl/N-ethyl adjacent to an activating group) is 1. The van der Waals surface area contributed by atoms with Gasteiger partial charge in [-0.3, -0.25) is 4.31 Å². The van der Waals surface area contributed by atoms with Crippen molar-refractivity contribution in [1.29, 1.82) is 0 Å². The highest BCUT2D eigenvalue weighted by Gasteiger charge is 2.27. The van der Waals surface area contributed by atoms with Crippen LogP contribution in [0, 0.1) is 0 Å². The molecule has 0 amide bonds. The zero-order valence-corrected chi connectivity index (χ0v) is 9.36. The summed E-state index contributed by atoms with van der Waals surface area (Å²) in [4.78, 5) is 0. The van der Waals surface area contributed by atoms with Gasteiger partial charge in [0.25, 0.3) is 0 Å². The molecule has 6 nitrogen and oxygen atoms in total. The molecule has 0 aliphatic heterocycles. The van der Waals surface area contributed by atoms with Gasteiger partial charge < -0.3 is 10.0 Å². The molecule has 9 heteroatoms. The van der Waals surface area contributed by atoms with Crippen LogP contribution in [0.1, 0.15) is 6.92 Å². The van der Waals surface area contributed by atoms with Gasteiger partial charge >= 0.3 is 7.12 Å². The number of allylic oxidation sites excluding steroid dienone is 1. The summed E-state index contributed by atoms with van der Waals surface area (Å²) in [7, 11) is -4.64. The fourth-order valence-corrected chi connectivity index (χ4v) is 1.28. The summed E-state index contributed by atoms with van der Waals surface area (Å²) in [5.74, 6) is -0.657. The zero-order valence-electron chi connectivity index (χ0n) is 8.55. The number of nitrogens with zero attached hydrogens (tertiary/aromatic N) is 2. The molecule has 0 atom stereocenters. The smallest absolute Gasteiger partial charge is 0.423 e. The second kappa shape index (κ2) is 5.24. The molecule has 0 radical (unpaired) electrons. The number of hydrogen-bond acceptors (Lipinski definition) is 5. The Morgan fingerprint density at radius 3 is 2.20 bits per heavy atom. The van der Waals surface area contributed by atoms with E-state index in [1.54, 1.807) is 0 Å². The van der Waals surface area contributed by atoms with Gasteiger partial charge in [0.05, 0.1) is 6.26 Å². The average Bonchev–Trinajstić information content (AvgIpc) is 2.10. The van der Waals surface area contributed by atoms with Crippen molar-refractivity contribution >= 4 is 23.0 Å². The molecule has 0 aliphatic rings. The molecular weight excluding hydrogens is 226 g/mol. The summed E-state index contributed by atoms with van der Waals surface area (Å²) in [6, 6.07) is 0.